The molecule has 0 fully saturated rings. The van der Waals surface area contributed by atoms with Crippen LogP contribution in [0.1, 0.15) is 12.8 Å². The first-order valence-corrected chi connectivity index (χ1v) is 8.20. The Morgan fingerprint density at radius 1 is 0.917 bits per heavy atom. The fourth-order valence-electron chi connectivity index (χ4n) is 1.84. The second-order valence-corrected chi connectivity index (χ2v) is 5.64. The van der Waals surface area contributed by atoms with Gasteiger partial charge in [-0.05, 0) is 18.7 Å². The zero-order valence-electron chi connectivity index (χ0n) is 15.3. The Bertz CT molecular complexity index is 447. The van der Waals surface area contributed by atoms with Crippen LogP contribution in [0, 0.1) is 0 Å². The second-order valence-electron chi connectivity index (χ2n) is 5.64. The van der Waals surface area contributed by atoms with E-state index >= 15 is 0 Å². The van der Waals surface area contributed by atoms with Crippen LogP contribution in [0.5, 0.6) is 0 Å². The number of hydrogen-bond acceptors (Lipinski definition) is 7. The van der Waals surface area contributed by atoms with Crippen LogP contribution < -0.4 is 0 Å². The van der Waals surface area contributed by atoms with Crippen molar-refractivity contribution in [3.63, 3.8) is 0 Å². The Morgan fingerprint density at radius 2 is 1.75 bits per heavy atom. The lowest BCUT2D eigenvalue weighted by atomic mass is 10.5. The summed E-state index contributed by atoms with van der Waals surface area (Å²) in [6.07, 6.45) is 12.2. The molecular weight excluding hydrogens is 304 g/mol. The molecule has 4 rings (SSSR count). The molecule has 0 bridgehead atoms. The molecule has 0 atom stereocenters. The molecule has 0 radical (unpaired) electrons. The van der Waals surface area contributed by atoms with Crippen molar-refractivity contribution in [2.75, 3.05) is 47.3 Å². The minimum absolute atomic E-state index is 0.872. The first-order valence-electron chi connectivity index (χ1n) is 8.20. The maximum Gasteiger partial charge on any atom is 0.0812 e. The lowest BCUT2D eigenvalue weighted by Crippen LogP contribution is -2.06. The van der Waals surface area contributed by atoms with Gasteiger partial charge in [0.15, 0.2) is 0 Å². The van der Waals surface area contributed by atoms with E-state index in [0.29, 0.717) is 0 Å². The highest BCUT2D eigenvalue weighted by Crippen LogP contribution is 1.97. The van der Waals surface area contributed by atoms with Crippen LogP contribution in [0.3, 0.4) is 0 Å². The zero-order valence-corrected chi connectivity index (χ0v) is 15.3. The number of rotatable bonds is 0. The third-order valence-electron chi connectivity index (χ3n) is 3.25. The number of aromatic nitrogens is 2. The van der Waals surface area contributed by atoms with Gasteiger partial charge in [-0.15, -0.1) is 0 Å². The minimum atomic E-state index is 0.872. The summed E-state index contributed by atoms with van der Waals surface area (Å²) >= 11 is 0. The summed E-state index contributed by atoms with van der Waals surface area (Å²) in [5, 5.41) is 18.9. The lowest BCUT2D eigenvalue weighted by molar-refractivity contribution is 0.393. The third kappa shape index (κ3) is 10.4. The second kappa shape index (κ2) is 12.1. The van der Waals surface area contributed by atoms with E-state index in [9.17, 15) is 0 Å². The molecule has 0 saturated heterocycles. The van der Waals surface area contributed by atoms with Gasteiger partial charge in [-0.1, -0.05) is 11.3 Å². The standard InChI is InChI=1S/C5H9N.C4H8N2.C4H6N2.C3H7N3/c3*1-6-4-2-3-5-6;1-6-3-2-4-5-6/h2,4H,3,5H2,1H3;3H,2,4H2,1H3;2-4H,1H3;2-3H2,1H3. The molecule has 1 aromatic heterocycles. The average molecular weight is 334 g/mol. The largest absolute Gasteiger partial charge is 0.380 e. The van der Waals surface area contributed by atoms with Gasteiger partial charge in [-0.3, -0.25) is 9.69 Å². The van der Waals surface area contributed by atoms with Crippen LogP contribution >= 0.6 is 0 Å². The summed E-state index contributed by atoms with van der Waals surface area (Å²) in [4.78, 5) is 2.18. The molecular formula is C16H30N8. The van der Waals surface area contributed by atoms with Gasteiger partial charge in [-0.2, -0.15) is 15.3 Å². The Balaban J connectivity index is 0.000000160. The van der Waals surface area contributed by atoms with Gasteiger partial charge in [0.05, 0.1) is 13.1 Å². The van der Waals surface area contributed by atoms with Crippen LogP contribution in [0.15, 0.2) is 46.2 Å². The van der Waals surface area contributed by atoms with Crippen molar-refractivity contribution in [3.8, 4) is 0 Å². The third-order valence-corrected chi connectivity index (χ3v) is 3.25. The van der Waals surface area contributed by atoms with E-state index in [1.54, 1.807) is 10.9 Å². The summed E-state index contributed by atoms with van der Waals surface area (Å²) in [5.41, 5.74) is 0. The predicted octanol–water partition coefficient (Wildman–Crippen LogP) is 1.86. The molecule has 3 aliphatic heterocycles. The van der Waals surface area contributed by atoms with Gasteiger partial charge in [0.25, 0.3) is 0 Å². The van der Waals surface area contributed by atoms with Gasteiger partial charge in [-0.25, -0.2) is 0 Å². The van der Waals surface area contributed by atoms with E-state index in [4.69, 9.17) is 0 Å². The zero-order chi connectivity index (χ0) is 17.6. The van der Waals surface area contributed by atoms with Crippen LogP contribution in [0.2, 0.25) is 0 Å². The number of hydrazone groups is 1. The van der Waals surface area contributed by atoms with Crippen molar-refractivity contribution >= 4 is 6.21 Å². The lowest BCUT2D eigenvalue weighted by Gasteiger charge is -2.02. The Morgan fingerprint density at radius 3 is 1.92 bits per heavy atom. The van der Waals surface area contributed by atoms with E-state index in [1.165, 1.54) is 13.0 Å². The summed E-state index contributed by atoms with van der Waals surface area (Å²) in [6, 6.07) is 1.89. The fraction of sp³-hybridized carbons (Fsp3) is 0.625. The normalized spacial score (nSPS) is 17.1. The summed E-state index contributed by atoms with van der Waals surface area (Å²) in [7, 11) is 7.86. The fourth-order valence-corrected chi connectivity index (χ4v) is 1.84. The topological polar surface area (TPSA) is 64.6 Å². The van der Waals surface area contributed by atoms with Crippen molar-refractivity contribution in [2.45, 2.75) is 12.8 Å². The molecule has 8 heteroatoms. The summed E-state index contributed by atoms with van der Waals surface area (Å²) < 4.78 is 1.75. The van der Waals surface area contributed by atoms with Crippen molar-refractivity contribution < 1.29 is 0 Å². The molecule has 8 nitrogen and oxygen atoms in total. The van der Waals surface area contributed by atoms with Crippen LogP contribution in [0.4, 0.5) is 0 Å². The first-order chi connectivity index (χ1) is 11.6. The van der Waals surface area contributed by atoms with Crippen molar-refractivity contribution in [1.29, 1.82) is 0 Å². The molecule has 0 saturated carbocycles. The van der Waals surface area contributed by atoms with E-state index in [-0.39, 0.29) is 0 Å². The van der Waals surface area contributed by atoms with Crippen LogP contribution in [-0.2, 0) is 7.05 Å². The summed E-state index contributed by atoms with van der Waals surface area (Å²) in [6.45, 7) is 4.16. The van der Waals surface area contributed by atoms with E-state index in [0.717, 1.165) is 26.1 Å². The molecule has 0 aliphatic carbocycles. The maximum atomic E-state index is 3.94. The van der Waals surface area contributed by atoms with Crippen molar-refractivity contribution in [1.82, 2.24) is 24.7 Å². The molecule has 3 aliphatic rings. The van der Waals surface area contributed by atoms with Gasteiger partial charge >= 0.3 is 0 Å². The number of nitrogens with zero attached hydrogens (tertiary/aromatic N) is 8. The van der Waals surface area contributed by atoms with E-state index in [1.807, 2.05) is 49.6 Å². The molecule has 4 heterocycles. The van der Waals surface area contributed by atoms with Crippen molar-refractivity contribution in [2.24, 2.45) is 22.5 Å². The van der Waals surface area contributed by atoms with Gasteiger partial charge in [0.1, 0.15) is 0 Å². The smallest absolute Gasteiger partial charge is 0.0812 e. The Kier molecular flexibility index (Phi) is 9.91. The molecule has 0 spiro atoms. The van der Waals surface area contributed by atoms with E-state index < -0.39 is 0 Å². The van der Waals surface area contributed by atoms with Crippen molar-refractivity contribution in [3.05, 3.63) is 30.7 Å². The molecule has 0 amide bonds. The number of aryl methyl sites for hydroxylation is 1. The van der Waals surface area contributed by atoms with E-state index in [2.05, 4.69) is 44.8 Å². The molecule has 1 aromatic rings. The minimum Gasteiger partial charge on any atom is -0.380 e. The monoisotopic (exact) mass is 334 g/mol. The molecule has 24 heavy (non-hydrogen) atoms. The Hall–Kier alpha value is -2.38. The molecule has 134 valence electrons. The van der Waals surface area contributed by atoms with Gasteiger partial charge in [0, 0.05) is 66.3 Å². The van der Waals surface area contributed by atoms with Gasteiger partial charge in [0.2, 0.25) is 0 Å². The average Bonchev–Trinajstić information content (AvgIpc) is 3.31. The molecule has 0 unspecified atom stereocenters. The Labute approximate surface area is 145 Å². The molecule has 0 aromatic carbocycles. The highest BCUT2D eigenvalue weighted by molar-refractivity contribution is 5.58. The SMILES string of the molecule is CN1C=CCC1.CN1CCC=N1.CN1CCN=N1.Cn1cccn1. The number of hydrogen-bond donors (Lipinski definition) is 0. The maximum absolute atomic E-state index is 3.94. The predicted molar refractivity (Wildman–Crippen MR) is 97.7 cm³/mol. The highest BCUT2D eigenvalue weighted by Gasteiger charge is 1.96. The van der Waals surface area contributed by atoms with Crippen LogP contribution in [-0.4, -0.2) is 78.2 Å². The number of likely N-dealkylation sites (N-methyl/N-ethyl adjacent to an activating group) is 1. The quantitative estimate of drug-likeness (QED) is 0.726. The highest BCUT2D eigenvalue weighted by atomic mass is 15.6. The summed E-state index contributed by atoms with van der Waals surface area (Å²) in [5.74, 6) is 0. The first kappa shape index (κ1) is 19.7. The van der Waals surface area contributed by atoms with Gasteiger partial charge < -0.3 is 9.91 Å². The van der Waals surface area contributed by atoms with Crippen LogP contribution in [0.25, 0.3) is 0 Å². The molecule has 0 N–H and O–H groups in total.